The topological polar surface area (TPSA) is 40.5 Å². The highest BCUT2D eigenvalue weighted by atomic mass is 32.1. The summed E-state index contributed by atoms with van der Waals surface area (Å²) >= 11 is 1.33. The van der Waals surface area contributed by atoms with Crippen LogP contribution in [-0.4, -0.2) is 29.1 Å². The number of carboxylic acids is 1. The molecule has 2 heterocycles. The van der Waals surface area contributed by atoms with Gasteiger partial charge in [0.15, 0.2) is 0 Å². The molecule has 0 radical (unpaired) electrons. The third-order valence-corrected chi connectivity index (χ3v) is 5.33. The van der Waals surface area contributed by atoms with E-state index in [2.05, 4.69) is 25.7 Å². The van der Waals surface area contributed by atoms with E-state index in [9.17, 15) is 9.90 Å². The Morgan fingerprint density at radius 2 is 2.15 bits per heavy atom. The summed E-state index contributed by atoms with van der Waals surface area (Å²) < 4.78 is 0. The molecule has 1 saturated heterocycles. The summed E-state index contributed by atoms with van der Waals surface area (Å²) in [4.78, 5) is 14.1. The summed E-state index contributed by atoms with van der Waals surface area (Å²) in [7, 11) is 0. The average Bonchev–Trinajstić information content (AvgIpc) is 2.65. The van der Waals surface area contributed by atoms with Crippen LogP contribution < -0.4 is 0 Å². The van der Waals surface area contributed by atoms with Crippen molar-refractivity contribution in [3.05, 3.63) is 21.9 Å². The van der Waals surface area contributed by atoms with Crippen LogP contribution in [0.2, 0.25) is 0 Å². The van der Waals surface area contributed by atoms with Gasteiger partial charge in [-0.1, -0.05) is 20.8 Å². The Kier molecular flexibility index (Phi) is 4.86. The molecule has 1 aliphatic heterocycles. The predicted molar refractivity (Wildman–Crippen MR) is 83.4 cm³/mol. The van der Waals surface area contributed by atoms with E-state index in [1.54, 1.807) is 0 Å². The minimum absolute atomic E-state index is 0.380. The second-order valence-corrected chi connectivity index (χ2v) is 7.77. The van der Waals surface area contributed by atoms with Crippen LogP contribution in [0.25, 0.3) is 0 Å². The summed E-state index contributed by atoms with van der Waals surface area (Å²) in [6.45, 7) is 9.93. The fourth-order valence-corrected chi connectivity index (χ4v) is 3.82. The van der Waals surface area contributed by atoms with Crippen molar-refractivity contribution in [1.29, 1.82) is 0 Å². The molecule has 2 rings (SSSR count). The largest absolute Gasteiger partial charge is 0.477 e. The maximum Gasteiger partial charge on any atom is 0.346 e. The molecule has 4 heteroatoms. The zero-order chi connectivity index (χ0) is 14.8. The quantitative estimate of drug-likeness (QED) is 0.913. The van der Waals surface area contributed by atoms with Crippen LogP contribution in [0.1, 0.15) is 55.3 Å². The molecule has 0 bridgehead atoms. The normalized spacial score (nSPS) is 21.6. The second-order valence-electron chi connectivity index (χ2n) is 6.85. The van der Waals surface area contributed by atoms with E-state index in [4.69, 9.17) is 0 Å². The molecule has 1 fully saturated rings. The molecule has 0 aromatic carbocycles. The van der Waals surface area contributed by atoms with Gasteiger partial charge in [0.1, 0.15) is 4.88 Å². The van der Waals surface area contributed by atoms with Crippen molar-refractivity contribution in [2.75, 3.05) is 13.1 Å². The Labute approximate surface area is 125 Å². The number of hydrogen-bond acceptors (Lipinski definition) is 3. The van der Waals surface area contributed by atoms with Crippen LogP contribution in [0, 0.1) is 11.3 Å². The average molecular weight is 295 g/mol. The molecule has 1 aromatic heterocycles. The highest BCUT2D eigenvalue weighted by Gasteiger charge is 2.27. The van der Waals surface area contributed by atoms with Crippen molar-refractivity contribution in [2.24, 2.45) is 11.3 Å². The number of thiophene rings is 1. The lowest BCUT2D eigenvalue weighted by Crippen LogP contribution is -2.26. The summed E-state index contributed by atoms with van der Waals surface area (Å²) in [6.07, 6.45) is 3.72. The molecule has 112 valence electrons. The van der Waals surface area contributed by atoms with Crippen molar-refractivity contribution in [3.63, 3.8) is 0 Å². The van der Waals surface area contributed by atoms with Gasteiger partial charge in [-0.2, -0.15) is 0 Å². The molecular formula is C16H25NO2S. The SMILES string of the molecule is CC(C)(C)C1CCCN(Cc2ccsc2C(=O)O)CC1. The molecule has 1 N–H and O–H groups in total. The highest BCUT2D eigenvalue weighted by Crippen LogP contribution is 2.34. The van der Waals surface area contributed by atoms with Gasteiger partial charge in [-0.3, -0.25) is 4.90 Å². The number of carboxylic acid groups (broad SMARTS) is 1. The van der Waals surface area contributed by atoms with Crippen molar-refractivity contribution in [2.45, 2.75) is 46.6 Å². The number of carbonyl (C=O) groups is 1. The van der Waals surface area contributed by atoms with E-state index in [-0.39, 0.29) is 0 Å². The minimum atomic E-state index is -0.794. The predicted octanol–water partition coefficient (Wildman–Crippen LogP) is 4.09. The lowest BCUT2D eigenvalue weighted by atomic mass is 9.77. The Bertz CT molecular complexity index is 461. The standard InChI is InChI=1S/C16H25NO2S/c1-16(2,3)13-5-4-8-17(9-6-13)11-12-7-10-20-14(12)15(18)19/h7,10,13H,4-6,8-9,11H2,1-3H3,(H,18,19). The number of aromatic carboxylic acids is 1. The summed E-state index contributed by atoms with van der Waals surface area (Å²) in [5.74, 6) is -0.0219. The first-order valence-electron chi connectivity index (χ1n) is 7.40. The Morgan fingerprint density at radius 1 is 1.40 bits per heavy atom. The monoisotopic (exact) mass is 295 g/mol. The van der Waals surface area contributed by atoms with E-state index >= 15 is 0 Å². The molecular weight excluding hydrogens is 270 g/mol. The molecule has 1 unspecified atom stereocenters. The van der Waals surface area contributed by atoms with Gasteiger partial charge in [-0.15, -0.1) is 11.3 Å². The summed E-state index contributed by atoms with van der Waals surface area (Å²) in [6, 6.07) is 1.96. The lowest BCUT2D eigenvalue weighted by Gasteiger charge is -2.29. The van der Waals surface area contributed by atoms with Gasteiger partial charge < -0.3 is 5.11 Å². The van der Waals surface area contributed by atoms with E-state index in [1.165, 1.54) is 30.6 Å². The van der Waals surface area contributed by atoms with E-state index in [0.29, 0.717) is 10.3 Å². The van der Waals surface area contributed by atoms with E-state index < -0.39 is 5.97 Å². The highest BCUT2D eigenvalue weighted by molar-refractivity contribution is 7.12. The molecule has 1 aliphatic rings. The van der Waals surface area contributed by atoms with Crippen LogP contribution in [0.5, 0.6) is 0 Å². The van der Waals surface area contributed by atoms with Crippen molar-refractivity contribution < 1.29 is 9.90 Å². The molecule has 0 spiro atoms. The van der Waals surface area contributed by atoms with E-state index in [1.807, 2.05) is 11.4 Å². The van der Waals surface area contributed by atoms with Gasteiger partial charge in [0.05, 0.1) is 0 Å². The first-order chi connectivity index (χ1) is 9.38. The molecule has 0 saturated carbocycles. The van der Waals surface area contributed by atoms with Crippen LogP contribution in [0.15, 0.2) is 11.4 Å². The van der Waals surface area contributed by atoms with Gasteiger partial charge in [0, 0.05) is 6.54 Å². The summed E-state index contributed by atoms with van der Waals surface area (Å²) in [5.41, 5.74) is 1.35. The van der Waals surface area contributed by atoms with Crippen LogP contribution in [-0.2, 0) is 6.54 Å². The van der Waals surface area contributed by atoms with Gasteiger partial charge in [0.25, 0.3) is 0 Å². The first kappa shape index (κ1) is 15.5. The Balaban J connectivity index is 1.98. The van der Waals surface area contributed by atoms with Crippen molar-refractivity contribution in [3.8, 4) is 0 Å². The summed E-state index contributed by atoms with van der Waals surface area (Å²) in [5, 5.41) is 11.1. The van der Waals surface area contributed by atoms with Crippen molar-refractivity contribution in [1.82, 2.24) is 4.90 Å². The fraction of sp³-hybridized carbons (Fsp3) is 0.688. The third-order valence-electron chi connectivity index (χ3n) is 4.38. The molecule has 0 amide bonds. The minimum Gasteiger partial charge on any atom is -0.477 e. The maximum absolute atomic E-state index is 11.2. The maximum atomic E-state index is 11.2. The second kappa shape index (κ2) is 6.27. The van der Waals surface area contributed by atoms with Gasteiger partial charge in [0.2, 0.25) is 0 Å². The molecule has 3 nitrogen and oxygen atoms in total. The molecule has 1 atom stereocenters. The lowest BCUT2D eigenvalue weighted by molar-refractivity contribution is 0.0700. The molecule has 20 heavy (non-hydrogen) atoms. The molecule has 1 aromatic rings. The first-order valence-corrected chi connectivity index (χ1v) is 8.28. The van der Waals surface area contributed by atoms with Crippen molar-refractivity contribution >= 4 is 17.3 Å². The molecule has 0 aliphatic carbocycles. The zero-order valence-electron chi connectivity index (χ0n) is 12.7. The number of likely N-dealkylation sites (tertiary alicyclic amines) is 1. The van der Waals surface area contributed by atoms with E-state index in [0.717, 1.165) is 31.1 Å². The number of hydrogen-bond donors (Lipinski definition) is 1. The van der Waals surface area contributed by atoms with Gasteiger partial charge in [-0.25, -0.2) is 4.79 Å². The van der Waals surface area contributed by atoms with Crippen LogP contribution in [0.3, 0.4) is 0 Å². The number of rotatable bonds is 3. The smallest absolute Gasteiger partial charge is 0.346 e. The van der Waals surface area contributed by atoms with Gasteiger partial charge >= 0.3 is 5.97 Å². The Morgan fingerprint density at radius 3 is 2.80 bits per heavy atom. The number of nitrogens with zero attached hydrogens (tertiary/aromatic N) is 1. The zero-order valence-corrected chi connectivity index (χ0v) is 13.5. The van der Waals surface area contributed by atoms with Gasteiger partial charge in [-0.05, 0) is 60.7 Å². The Hall–Kier alpha value is -0.870. The fourth-order valence-electron chi connectivity index (χ4n) is 3.07. The van der Waals surface area contributed by atoms with Crippen LogP contribution in [0.4, 0.5) is 0 Å². The third kappa shape index (κ3) is 3.83. The van der Waals surface area contributed by atoms with Crippen LogP contribution >= 0.6 is 11.3 Å².